The van der Waals surface area contributed by atoms with Crippen molar-refractivity contribution in [1.29, 1.82) is 0 Å². The first kappa shape index (κ1) is 29.2. The number of halogens is 4. The number of Topliss-reactive ketones (excluding diaryl/α,β-unsaturated/α-hetero) is 1. The number of piperidine rings is 1. The van der Waals surface area contributed by atoms with Gasteiger partial charge in [0.15, 0.2) is 5.78 Å². The summed E-state index contributed by atoms with van der Waals surface area (Å²) in [5.41, 5.74) is 1.40. The van der Waals surface area contributed by atoms with Crippen molar-refractivity contribution in [2.24, 2.45) is 5.41 Å². The molecule has 2 aliphatic heterocycles. The number of nitrogens with zero attached hydrogens (tertiary/aromatic N) is 1. The highest BCUT2D eigenvalue weighted by molar-refractivity contribution is 5.99. The topological polar surface area (TPSA) is 86.7 Å². The van der Waals surface area contributed by atoms with E-state index in [9.17, 15) is 27.2 Å². The fraction of sp³-hybridized carbons (Fsp3) is 0.367. The summed E-state index contributed by atoms with van der Waals surface area (Å²) in [5.74, 6) is -2.61. The zero-order valence-corrected chi connectivity index (χ0v) is 21.7. The summed E-state index contributed by atoms with van der Waals surface area (Å²) >= 11 is 0. The molecule has 0 saturated carbocycles. The van der Waals surface area contributed by atoms with E-state index in [1.54, 1.807) is 0 Å². The summed E-state index contributed by atoms with van der Waals surface area (Å²) in [6, 6.07) is 20.6. The zero-order valence-electron chi connectivity index (χ0n) is 21.7. The number of carbonyl (C=O) groups is 3. The molecule has 2 N–H and O–H groups in total. The van der Waals surface area contributed by atoms with Gasteiger partial charge in [-0.15, -0.1) is 0 Å². The molecule has 3 aromatic carbocycles. The number of hydrogen-bond donors (Lipinski definition) is 2. The minimum absolute atomic E-state index is 0.0854. The van der Waals surface area contributed by atoms with E-state index in [2.05, 4.69) is 16.3 Å². The summed E-state index contributed by atoms with van der Waals surface area (Å²) in [7, 11) is 0. The van der Waals surface area contributed by atoms with Crippen LogP contribution in [0.1, 0.15) is 47.5 Å². The van der Waals surface area contributed by atoms with Gasteiger partial charge in [0.2, 0.25) is 5.91 Å². The van der Waals surface area contributed by atoms with Crippen molar-refractivity contribution < 1.29 is 37.1 Å². The number of nitrogens with one attached hydrogen (secondary N) is 1. The number of benzene rings is 3. The van der Waals surface area contributed by atoms with Gasteiger partial charge in [0.1, 0.15) is 5.82 Å². The van der Waals surface area contributed by atoms with Crippen LogP contribution >= 0.6 is 0 Å². The number of hydrogen-bond acceptors (Lipinski definition) is 4. The molecule has 2 saturated heterocycles. The Morgan fingerprint density at radius 2 is 1.60 bits per heavy atom. The number of fused-ring (bicyclic) bond motifs is 1. The molecule has 1 atom stereocenters. The van der Waals surface area contributed by atoms with Crippen LogP contribution in [-0.4, -0.2) is 60.0 Å². The lowest BCUT2D eigenvalue weighted by Gasteiger charge is -2.41. The lowest BCUT2D eigenvalue weighted by atomic mass is 9.68. The Labute approximate surface area is 229 Å². The maximum absolute atomic E-state index is 13.4. The summed E-state index contributed by atoms with van der Waals surface area (Å²) in [6.07, 6.45) is -2.16. The van der Waals surface area contributed by atoms with Crippen LogP contribution in [0.25, 0.3) is 10.8 Å². The molecule has 1 unspecified atom stereocenters. The average molecular weight is 559 g/mol. The van der Waals surface area contributed by atoms with E-state index in [0.29, 0.717) is 13.0 Å². The number of alkyl halides is 3. The fourth-order valence-electron chi connectivity index (χ4n) is 5.58. The maximum Gasteiger partial charge on any atom is 0.490 e. The molecule has 5 rings (SSSR count). The lowest BCUT2D eigenvalue weighted by molar-refractivity contribution is -0.192. The molecule has 2 fully saturated rings. The predicted molar refractivity (Wildman–Crippen MR) is 141 cm³/mol. The Kier molecular flexibility index (Phi) is 8.88. The van der Waals surface area contributed by atoms with E-state index >= 15 is 0 Å². The molecular formula is C30H30F4N2O4. The van der Waals surface area contributed by atoms with Crippen molar-refractivity contribution in [3.05, 3.63) is 83.7 Å². The van der Waals surface area contributed by atoms with E-state index < -0.39 is 17.6 Å². The highest BCUT2D eigenvalue weighted by atomic mass is 19.4. The highest BCUT2D eigenvalue weighted by Crippen LogP contribution is 2.47. The number of rotatable bonds is 6. The molecule has 6 nitrogen and oxygen atoms in total. The van der Waals surface area contributed by atoms with Crippen LogP contribution in [0.3, 0.4) is 0 Å². The van der Waals surface area contributed by atoms with Crippen molar-refractivity contribution >= 4 is 28.4 Å². The molecule has 10 heteroatoms. The van der Waals surface area contributed by atoms with Gasteiger partial charge in [-0.05, 0) is 73.4 Å². The zero-order chi connectivity index (χ0) is 28.9. The van der Waals surface area contributed by atoms with Gasteiger partial charge in [-0.25, -0.2) is 9.18 Å². The molecule has 2 aliphatic rings. The Morgan fingerprint density at radius 3 is 2.23 bits per heavy atom. The van der Waals surface area contributed by atoms with E-state index in [1.807, 2.05) is 48.5 Å². The molecule has 0 aromatic heterocycles. The number of ketones is 1. The van der Waals surface area contributed by atoms with Gasteiger partial charge in [0.05, 0.1) is 5.41 Å². The van der Waals surface area contributed by atoms with Crippen LogP contribution in [0, 0.1) is 11.2 Å². The van der Waals surface area contributed by atoms with E-state index in [0.717, 1.165) is 60.8 Å². The Balaban J connectivity index is 0.000000470. The number of carboxylic acids is 1. The second-order valence-corrected chi connectivity index (χ2v) is 10.2. The third-order valence-electron chi connectivity index (χ3n) is 7.80. The van der Waals surface area contributed by atoms with Gasteiger partial charge >= 0.3 is 12.1 Å². The first-order chi connectivity index (χ1) is 19.0. The standard InChI is InChI=1S/C28H29FN2O2.C2HF3O2/c29-24-11-9-21(10-12-24)25-19-30-27(33)28(25)13-16-31(17-14-28)15-3-6-26(32)23-8-7-20-4-1-2-5-22(20)18-23;3-2(4,5)1(6)7/h1-2,4-5,7-12,18,25H,3,6,13-17,19H2,(H,30,33);(H,6,7). The van der Waals surface area contributed by atoms with Gasteiger partial charge in [-0.2, -0.15) is 13.2 Å². The van der Waals surface area contributed by atoms with Gasteiger partial charge in [0.25, 0.3) is 0 Å². The number of aliphatic carboxylic acids is 1. The fourth-order valence-corrected chi connectivity index (χ4v) is 5.58. The van der Waals surface area contributed by atoms with Crippen molar-refractivity contribution in [2.45, 2.75) is 37.8 Å². The van der Waals surface area contributed by atoms with Crippen LogP contribution < -0.4 is 5.32 Å². The second kappa shape index (κ2) is 12.2. The van der Waals surface area contributed by atoms with Gasteiger partial charge in [0, 0.05) is 24.4 Å². The maximum atomic E-state index is 13.4. The number of amides is 1. The average Bonchev–Trinajstić information content (AvgIpc) is 3.24. The summed E-state index contributed by atoms with van der Waals surface area (Å²) in [4.78, 5) is 36.8. The molecule has 212 valence electrons. The third-order valence-corrected chi connectivity index (χ3v) is 7.80. The van der Waals surface area contributed by atoms with Gasteiger partial charge < -0.3 is 15.3 Å². The minimum atomic E-state index is -5.08. The van der Waals surface area contributed by atoms with Crippen molar-refractivity contribution in [2.75, 3.05) is 26.2 Å². The molecule has 1 amide bonds. The predicted octanol–water partition coefficient (Wildman–Crippen LogP) is 5.57. The highest BCUT2D eigenvalue weighted by Gasteiger charge is 2.51. The van der Waals surface area contributed by atoms with Crippen LogP contribution in [0.5, 0.6) is 0 Å². The smallest absolute Gasteiger partial charge is 0.475 e. The van der Waals surface area contributed by atoms with Gasteiger partial charge in [-0.1, -0.05) is 48.5 Å². The monoisotopic (exact) mass is 558 g/mol. The Bertz CT molecular complexity index is 1370. The van der Waals surface area contributed by atoms with E-state index in [4.69, 9.17) is 9.90 Å². The summed E-state index contributed by atoms with van der Waals surface area (Å²) < 4.78 is 45.1. The molecule has 0 bridgehead atoms. The molecule has 2 heterocycles. The summed E-state index contributed by atoms with van der Waals surface area (Å²) in [6.45, 7) is 3.16. The van der Waals surface area contributed by atoms with Crippen molar-refractivity contribution in [1.82, 2.24) is 10.2 Å². The minimum Gasteiger partial charge on any atom is -0.475 e. The SMILES string of the molecule is O=C(CCCN1CCC2(CC1)C(=O)NCC2c1ccc(F)cc1)c1ccc2ccccc2c1.O=C(O)C(F)(F)F. The first-order valence-electron chi connectivity index (χ1n) is 13.1. The molecule has 0 aliphatic carbocycles. The number of carboxylic acid groups (broad SMARTS) is 1. The molecule has 3 aromatic rings. The normalized spacial score (nSPS) is 18.7. The molecule has 0 radical (unpaired) electrons. The van der Waals surface area contributed by atoms with E-state index in [-0.39, 0.29) is 23.4 Å². The Morgan fingerprint density at radius 1 is 0.975 bits per heavy atom. The van der Waals surface area contributed by atoms with Crippen LogP contribution in [-0.2, 0) is 9.59 Å². The van der Waals surface area contributed by atoms with Crippen molar-refractivity contribution in [3.8, 4) is 0 Å². The molecule has 40 heavy (non-hydrogen) atoms. The largest absolute Gasteiger partial charge is 0.490 e. The van der Waals surface area contributed by atoms with Crippen LogP contribution in [0.2, 0.25) is 0 Å². The number of likely N-dealkylation sites (tertiary alicyclic amines) is 1. The number of carbonyl (C=O) groups excluding carboxylic acids is 2. The first-order valence-corrected chi connectivity index (χ1v) is 13.1. The second-order valence-electron chi connectivity index (χ2n) is 10.2. The quantitative estimate of drug-likeness (QED) is 0.305. The van der Waals surface area contributed by atoms with E-state index in [1.165, 1.54) is 12.1 Å². The van der Waals surface area contributed by atoms with Crippen molar-refractivity contribution in [3.63, 3.8) is 0 Å². The lowest BCUT2D eigenvalue weighted by Crippen LogP contribution is -2.46. The molecule has 1 spiro atoms. The third kappa shape index (κ3) is 6.67. The molecular weight excluding hydrogens is 528 g/mol. The van der Waals surface area contributed by atoms with Crippen LogP contribution in [0.15, 0.2) is 66.7 Å². The van der Waals surface area contributed by atoms with Gasteiger partial charge in [-0.3, -0.25) is 9.59 Å². The van der Waals surface area contributed by atoms with Crippen LogP contribution in [0.4, 0.5) is 17.6 Å². The summed E-state index contributed by atoms with van der Waals surface area (Å²) in [5, 5.41) is 12.4. The Hall–Kier alpha value is -3.79.